The Bertz CT molecular complexity index is 450. The highest BCUT2D eigenvalue weighted by atomic mass is 16.5. The van der Waals surface area contributed by atoms with E-state index < -0.39 is 0 Å². The quantitative estimate of drug-likeness (QED) is 0.868. The maximum absolute atomic E-state index is 12.0. The topological polar surface area (TPSA) is 58.8 Å². The number of anilines is 1. The second-order valence-corrected chi connectivity index (χ2v) is 4.82. The van der Waals surface area contributed by atoms with Gasteiger partial charge in [-0.3, -0.25) is 4.79 Å². The maximum atomic E-state index is 12.0. The molecule has 1 saturated heterocycles. The van der Waals surface area contributed by atoms with E-state index in [-0.39, 0.29) is 11.9 Å². The first-order valence-corrected chi connectivity index (χ1v) is 6.50. The third-order valence-corrected chi connectivity index (χ3v) is 3.62. The number of likely N-dealkylation sites (N-methyl/N-ethyl adjacent to an activating group) is 1. The average molecular weight is 263 g/mol. The molecule has 5 nitrogen and oxygen atoms in total. The van der Waals surface area contributed by atoms with E-state index in [1.807, 2.05) is 36.2 Å². The van der Waals surface area contributed by atoms with Crippen LogP contribution in [0.5, 0.6) is 5.75 Å². The van der Waals surface area contributed by atoms with Gasteiger partial charge in [-0.2, -0.15) is 0 Å². The van der Waals surface area contributed by atoms with Gasteiger partial charge in [-0.05, 0) is 25.1 Å². The summed E-state index contributed by atoms with van der Waals surface area (Å²) in [7, 11) is 3.50. The molecule has 1 aliphatic rings. The van der Waals surface area contributed by atoms with E-state index >= 15 is 0 Å². The molecule has 1 fully saturated rings. The number of hydrogen-bond acceptors (Lipinski definition) is 4. The van der Waals surface area contributed by atoms with Crippen LogP contribution >= 0.6 is 0 Å². The van der Waals surface area contributed by atoms with Crippen LogP contribution in [-0.2, 0) is 4.79 Å². The fourth-order valence-electron chi connectivity index (χ4n) is 2.40. The summed E-state index contributed by atoms with van der Waals surface area (Å²) in [4.78, 5) is 15.9. The molecule has 5 heteroatoms. The number of nitrogens with two attached hydrogens (primary N) is 1. The predicted octanol–water partition coefficient (Wildman–Crippen LogP) is 0.691. The van der Waals surface area contributed by atoms with E-state index in [1.165, 1.54) is 0 Å². The van der Waals surface area contributed by atoms with Gasteiger partial charge >= 0.3 is 0 Å². The van der Waals surface area contributed by atoms with Crippen LogP contribution in [0.3, 0.4) is 0 Å². The first-order chi connectivity index (χ1) is 9.15. The molecular formula is C14H21N3O2. The van der Waals surface area contributed by atoms with E-state index in [9.17, 15) is 4.79 Å². The highest BCUT2D eigenvalue weighted by Gasteiger charge is 2.29. The molecule has 1 aliphatic heterocycles. The molecule has 19 heavy (non-hydrogen) atoms. The van der Waals surface area contributed by atoms with Crippen LogP contribution in [0.25, 0.3) is 0 Å². The van der Waals surface area contributed by atoms with Crippen LogP contribution in [-0.4, -0.2) is 50.6 Å². The normalized spacial score (nSPS) is 19.7. The van der Waals surface area contributed by atoms with E-state index in [4.69, 9.17) is 10.5 Å². The Morgan fingerprint density at radius 3 is 2.95 bits per heavy atom. The summed E-state index contributed by atoms with van der Waals surface area (Å²) in [6.07, 6.45) is 0.822. The summed E-state index contributed by atoms with van der Waals surface area (Å²) in [5.74, 6) is 0.937. The van der Waals surface area contributed by atoms with E-state index in [0.29, 0.717) is 13.1 Å². The van der Waals surface area contributed by atoms with Crippen molar-refractivity contribution in [3.05, 3.63) is 24.3 Å². The third kappa shape index (κ3) is 2.98. The predicted molar refractivity (Wildman–Crippen MR) is 75.4 cm³/mol. The highest BCUT2D eigenvalue weighted by Crippen LogP contribution is 2.24. The van der Waals surface area contributed by atoms with Crippen LogP contribution < -0.4 is 15.4 Å². The van der Waals surface area contributed by atoms with Crippen molar-refractivity contribution in [2.75, 3.05) is 38.7 Å². The molecule has 1 unspecified atom stereocenters. The molecule has 0 bridgehead atoms. The molecule has 104 valence electrons. The standard InChI is InChI=1S/C14H21N3O2/c1-16-12(6-7-15)9-17(10-14(16)18)11-4-3-5-13(8-11)19-2/h3-5,8,12H,6-7,9-10,15H2,1-2H3. The van der Waals surface area contributed by atoms with Crippen molar-refractivity contribution in [1.82, 2.24) is 4.90 Å². The molecular weight excluding hydrogens is 242 g/mol. The van der Waals surface area contributed by atoms with E-state index in [1.54, 1.807) is 7.11 Å². The first-order valence-electron chi connectivity index (χ1n) is 6.50. The van der Waals surface area contributed by atoms with E-state index in [2.05, 4.69) is 4.90 Å². The van der Waals surface area contributed by atoms with Gasteiger partial charge in [0, 0.05) is 25.3 Å². The zero-order valence-electron chi connectivity index (χ0n) is 11.5. The molecule has 1 aromatic carbocycles. The minimum absolute atomic E-state index is 0.132. The molecule has 0 radical (unpaired) electrons. The first kappa shape index (κ1) is 13.7. The molecule has 2 rings (SSSR count). The lowest BCUT2D eigenvalue weighted by Gasteiger charge is -2.40. The van der Waals surface area contributed by atoms with Gasteiger partial charge in [0.1, 0.15) is 5.75 Å². The Balaban J connectivity index is 2.17. The summed E-state index contributed by atoms with van der Waals surface area (Å²) in [6.45, 7) is 1.81. The fraction of sp³-hybridized carbons (Fsp3) is 0.500. The number of rotatable bonds is 4. The molecule has 0 saturated carbocycles. The van der Waals surface area contributed by atoms with Crippen molar-refractivity contribution in [3.8, 4) is 5.75 Å². The Labute approximate surface area is 113 Å². The Kier molecular flexibility index (Phi) is 4.27. The van der Waals surface area contributed by atoms with Gasteiger partial charge in [0.15, 0.2) is 0 Å². The van der Waals surface area contributed by atoms with Gasteiger partial charge in [-0.1, -0.05) is 6.07 Å². The zero-order chi connectivity index (χ0) is 13.8. The Morgan fingerprint density at radius 1 is 1.47 bits per heavy atom. The summed E-state index contributed by atoms with van der Waals surface area (Å²) < 4.78 is 5.23. The van der Waals surface area contributed by atoms with Crippen LogP contribution in [0.15, 0.2) is 24.3 Å². The third-order valence-electron chi connectivity index (χ3n) is 3.62. The molecule has 1 heterocycles. The maximum Gasteiger partial charge on any atom is 0.242 e. The number of piperazine rings is 1. The minimum atomic E-state index is 0.132. The number of carbonyl (C=O) groups is 1. The van der Waals surface area contributed by atoms with Crippen LogP contribution in [0.2, 0.25) is 0 Å². The van der Waals surface area contributed by atoms with Crippen molar-refractivity contribution in [2.24, 2.45) is 5.73 Å². The van der Waals surface area contributed by atoms with Gasteiger partial charge in [0.25, 0.3) is 0 Å². The SMILES string of the molecule is COc1cccc(N2CC(=O)N(C)C(CCN)C2)c1. The molecule has 0 aromatic heterocycles. The lowest BCUT2D eigenvalue weighted by atomic mass is 10.1. The monoisotopic (exact) mass is 263 g/mol. The Morgan fingerprint density at radius 2 is 2.26 bits per heavy atom. The average Bonchev–Trinajstić information content (AvgIpc) is 2.44. The Hall–Kier alpha value is -1.75. The second-order valence-electron chi connectivity index (χ2n) is 4.82. The van der Waals surface area contributed by atoms with Crippen molar-refractivity contribution < 1.29 is 9.53 Å². The number of methoxy groups -OCH3 is 1. The molecule has 2 N–H and O–H groups in total. The van der Waals surface area contributed by atoms with Crippen molar-refractivity contribution >= 4 is 11.6 Å². The smallest absolute Gasteiger partial charge is 0.242 e. The molecule has 1 atom stereocenters. The van der Waals surface area contributed by atoms with Gasteiger partial charge in [0.2, 0.25) is 5.91 Å². The van der Waals surface area contributed by atoms with Gasteiger partial charge in [0.05, 0.1) is 19.7 Å². The molecule has 1 aromatic rings. The van der Waals surface area contributed by atoms with E-state index in [0.717, 1.165) is 24.4 Å². The summed E-state index contributed by atoms with van der Waals surface area (Å²) in [6, 6.07) is 7.98. The van der Waals surface area contributed by atoms with Crippen LogP contribution in [0.4, 0.5) is 5.69 Å². The summed E-state index contributed by atoms with van der Waals surface area (Å²) in [5.41, 5.74) is 6.64. The van der Waals surface area contributed by atoms with Crippen molar-refractivity contribution in [2.45, 2.75) is 12.5 Å². The molecule has 0 aliphatic carbocycles. The van der Waals surface area contributed by atoms with Crippen LogP contribution in [0.1, 0.15) is 6.42 Å². The van der Waals surface area contributed by atoms with Gasteiger partial charge in [-0.15, -0.1) is 0 Å². The number of hydrogen-bond donors (Lipinski definition) is 1. The second kappa shape index (κ2) is 5.93. The number of nitrogens with zero attached hydrogens (tertiary/aromatic N) is 2. The molecule has 1 amide bonds. The number of carbonyl (C=O) groups excluding carboxylic acids is 1. The van der Waals surface area contributed by atoms with Gasteiger partial charge in [-0.25, -0.2) is 0 Å². The van der Waals surface area contributed by atoms with Crippen molar-refractivity contribution in [1.29, 1.82) is 0 Å². The molecule has 0 spiro atoms. The van der Waals surface area contributed by atoms with Crippen molar-refractivity contribution in [3.63, 3.8) is 0 Å². The number of ether oxygens (including phenoxy) is 1. The number of amides is 1. The minimum Gasteiger partial charge on any atom is -0.497 e. The summed E-state index contributed by atoms with van der Waals surface area (Å²) in [5, 5.41) is 0. The number of benzene rings is 1. The highest BCUT2D eigenvalue weighted by molar-refractivity contribution is 5.83. The van der Waals surface area contributed by atoms with Crippen LogP contribution in [0, 0.1) is 0 Å². The summed E-state index contributed by atoms with van der Waals surface area (Å²) >= 11 is 0. The lowest BCUT2D eigenvalue weighted by molar-refractivity contribution is -0.132. The zero-order valence-corrected chi connectivity index (χ0v) is 11.5. The lowest BCUT2D eigenvalue weighted by Crippen LogP contribution is -2.55. The van der Waals surface area contributed by atoms with Gasteiger partial charge < -0.3 is 20.3 Å². The fourth-order valence-corrected chi connectivity index (χ4v) is 2.40. The largest absolute Gasteiger partial charge is 0.497 e.